The van der Waals surface area contributed by atoms with Crippen molar-refractivity contribution in [3.8, 4) is 5.75 Å². The van der Waals surface area contributed by atoms with E-state index in [0.29, 0.717) is 12.0 Å². The summed E-state index contributed by atoms with van der Waals surface area (Å²) in [5.41, 5.74) is 6.85. The van der Waals surface area contributed by atoms with Crippen molar-refractivity contribution in [3.05, 3.63) is 77.7 Å². The molecule has 0 saturated carbocycles. The van der Waals surface area contributed by atoms with Gasteiger partial charge in [-0.25, -0.2) is 4.79 Å². The Kier molecular flexibility index (Phi) is 13.0. The first-order chi connectivity index (χ1) is 20.0. The van der Waals surface area contributed by atoms with Crippen molar-refractivity contribution in [2.75, 3.05) is 0 Å². The molecule has 2 unspecified atom stereocenters. The summed E-state index contributed by atoms with van der Waals surface area (Å²) in [5.74, 6) is -3.69. The molecular formula is C28H32N4O10. The van der Waals surface area contributed by atoms with Crippen molar-refractivity contribution in [1.82, 2.24) is 16.0 Å². The van der Waals surface area contributed by atoms with Crippen LogP contribution in [0.1, 0.15) is 30.4 Å². The average Bonchev–Trinajstić information content (AvgIpc) is 3.79. The van der Waals surface area contributed by atoms with E-state index in [2.05, 4.69) is 20.7 Å². The normalized spacial score (nSPS) is 13.3. The maximum absolute atomic E-state index is 12.2. The Bertz CT molecular complexity index is 1280. The summed E-state index contributed by atoms with van der Waals surface area (Å²) >= 11 is 0. The van der Waals surface area contributed by atoms with Gasteiger partial charge in [0.2, 0.25) is 24.0 Å². The molecule has 0 aromatic heterocycles. The third kappa shape index (κ3) is 12.2. The number of carbonyl (C=O) groups excluding carboxylic acids is 4. The Morgan fingerprint density at radius 3 is 1.98 bits per heavy atom. The lowest BCUT2D eigenvalue weighted by molar-refractivity contribution is -0.141. The van der Waals surface area contributed by atoms with Gasteiger partial charge in [0.25, 0.3) is 5.91 Å². The number of phenolic OH excluding ortho intramolecular Hbond substituents is 1. The van der Waals surface area contributed by atoms with Crippen LogP contribution in [0.15, 0.2) is 66.6 Å². The van der Waals surface area contributed by atoms with Crippen molar-refractivity contribution in [3.63, 3.8) is 0 Å². The standard InChI is InChI=1S/C16H21N3O5.C12H11NO5/c17-15(23)13(9-11-5-2-1-3-6-11)19-16(24)12(18-10-20)7-4-8-14(21)22;14-8-3-1-7(2-4-8)5-9(12(16)17)13-11(15)10-6-18-10/h1-3,5-6,10,12-13H,4,7-9H2,(H2,17,23)(H,18,20)(H,19,24)(H,21,22);1-4,6,9,14H,5H2,(H,13,15)(H,16,17)/t12-,13?;/m0./s1. The third-order valence-electron chi connectivity index (χ3n) is 5.85. The van der Waals surface area contributed by atoms with E-state index in [1.807, 2.05) is 6.07 Å². The first kappa shape index (κ1) is 32.8. The van der Waals surface area contributed by atoms with E-state index < -0.39 is 47.8 Å². The number of hydrogen-bond acceptors (Lipinski definition) is 8. The lowest BCUT2D eigenvalue weighted by atomic mass is 10.0. The molecule has 1 aliphatic rings. The number of carboxylic acid groups (broad SMARTS) is 2. The zero-order chi connectivity index (χ0) is 31.1. The minimum absolute atomic E-state index is 0.103. The highest BCUT2D eigenvalue weighted by Gasteiger charge is 2.27. The Hall–Kier alpha value is -5.40. The van der Waals surface area contributed by atoms with E-state index in [1.54, 1.807) is 36.4 Å². The Morgan fingerprint density at radius 1 is 0.857 bits per heavy atom. The van der Waals surface area contributed by atoms with Crippen LogP contribution in [0.2, 0.25) is 0 Å². The Labute approximate surface area is 240 Å². The molecule has 0 radical (unpaired) electrons. The number of primary amides is 1. The van der Waals surface area contributed by atoms with Crippen molar-refractivity contribution in [2.24, 2.45) is 5.73 Å². The maximum Gasteiger partial charge on any atom is 0.326 e. The van der Waals surface area contributed by atoms with Crippen molar-refractivity contribution >= 4 is 36.1 Å². The molecule has 14 nitrogen and oxygen atoms in total. The molecule has 224 valence electrons. The molecule has 42 heavy (non-hydrogen) atoms. The molecule has 2 aromatic carbocycles. The molecule has 1 heterocycles. The number of nitrogens with one attached hydrogen (secondary N) is 3. The van der Waals surface area contributed by atoms with Gasteiger partial charge >= 0.3 is 11.9 Å². The summed E-state index contributed by atoms with van der Waals surface area (Å²) in [6.07, 6.45) is 2.21. The second-order valence-corrected chi connectivity index (χ2v) is 9.11. The molecule has 4 amide bonds. The number of amides is 4. The average molecular weight is 585 g/mol. The van der Waals surface area contributed by atoms with Gasteiger partial charge in [0.1, 0.15) is 30.1 Å². The summed E-state index contributed by atoms with van der Waals surface area (Å²) in [4.78, 5) is 67.3. The lowest BCUT2D eigenvalue weighted by Crippen LogP contribution is -2.52. The summed E-state index contributed by atoms with van der Waals surface area (Å²) in [6.45, 7) is 0. The number of nitrogens with two attached hydrogens (primary N) is 1. The van der Waals surface area contributed by atoms with E-state index in [4.69, 9.17) is 21.1 Å². The van der Waals surface area contributed by atoms with E-state index in [-0.39, 0.29) is 43.6 Å². The smallest absolute Gasteiger partial charge is 0.326 e. The molecule has 2 aromatic rings. The second-order valence-electron chi connectivity index (χ2n) is 9.11. The minimum atomic E-state index is -1.13. The van der Waals surface area contributed by atoms with Gasteiger partial charge in [-0.15, -0.1) is 0 Å². The van der Waals surface area contributed by atoms with Gasteiger partial charge in [-0.05, 0) is 36.1 Å². The fourth-order valence-corrected chi connectivity index (χ4v) is 3.61. The van der Waals surface area contributed by atoms with Gasteiger partial charge < -0.3 is 41.7 Å². The third-order valence-corrected chi connectivity index (χ3v) is 5.85. The van der Waals surface area contributed by atoms with Crippen LogP contribution >= 0.6 is 0 Å². The summed E-state index contributed by atoms with van der Waals surface area (Å²) < 4.78 is 4.57. The second kappa shape index (κ2) is 16.6. The molecular weight excluding hydrogens is 552 g/mol. The number of benzene rings is 2. The quantitative estimate of drug-likeness (QED) is 0.130. The van der Waals surface area contributed by atoms with Gasteiger partial charge in [0.05, 0.1) is 0 Å². The van der Waals surface area contributed by atoms with Crippen molar-refractivity contribution in [2.45, 2.75) is 50.2 Å². The molecule has 0 aliphatic carbocycles. The zero-order valence-electron chi connectivity index (χ0n) is 22.4. The first-order valence-electron chi connectivity index (χ1n) is 12.7. The van der Waals surface area contributed by atoms with Gasteiger partial charge in [-0.3, -0.25) is 24.0 Å². The van der Waals surface area contributed by atoms with E-state index in [9.17, 15) is 28.8 Å². The fourth-order valence-electron chi connectivity index (χ4n) is 3.61. The fraction of sp³-hybridized carbons (Fsp3) is 0.286. The number of carboxylic acids is 2. The monoisotopic (exact) mass is 584 g/mol. The topological polar surface area (TPSA) is 238 Å². The first-order valence-corrected chi connectivity index (χ1v) is 12.7. The number of ether oxygens (including phenoxy) is 1. The van der Waals surface area contributed by atoms with E-state index >= 15 is 0 Å². The molecule has 3 atom stereocenters. The molecule has 0 fully saturated rings. The van der Waals surface area contributed by atoms with Crippen LogP contribution in [0.4, 0.5) is 0 Å². The highest BCUT2D eigenvalue weighted by Crippen LogP contribution is 2.15. The predicted molar refractivity (Wildman–Crippen MR) is 146 cm³/mol. The van der Waals surface area contributed by atoms with Crippen molar-refractivity contribution < 1.29 is 48.8 Å². The van der Waals surface area contributed by atoms with E-state index in [0.717, 1.165) is 5.56 Å². The van der Waals surface area contributed by atoms with Crippen LogP contribution in [0, 0.1) is 0 Å². The number of rotatable bonds is 16. The molecule has 0 spiro atoms. The summed E-state index contributed by atoms with van der Waals surface area (Å²) in [5, 5.41) is 33.9. The zero-order valence-corrected chi connectivity index (χ0v) is 22.4. The van der Waals surface area contributed by atoms with Crippen LogP contribution in [-0.2, 0) is 46.3 Å². The van der Waals surface area contributed by atoms with Crippen LogP contribution in [-0.4, -0.2) is 69.5 Å². The summed E-state index contributed by atoms with van der Waals surface area (Å²) in [7, 11) is 0. The van der Waals surface area contributed by atoms with Crippen LogP contribution in [0.5, 0.6) is 5.75 Å². The van der Waals surface area contributed by atoms with E-state index in [1.165, 1.54) is 18.4 Å². The van der Waals surface area contributed by atoms with Crippen LogP contribution < -0.4 is 21.7 Å². The van der Waals surface area contributed by atoms with Crippen LogP contribution in [0.3, 0.4) is 0 Å². The Morgan fingerprint density at radius 2 is 1.45 bits per heavy atom. The SMILES string of the molecule is NC(=O)C(Cc1ccccc1)NC(=O)[C@H](CCCC(=O)O)NC=O.O=C(NC(Cc1ccc(O)cc1)C(=O)O)C1=CO1. The number of phenols is 1. The molecule has 1 aliphatic heterocycles. The maximum atomic E-state index is 12.2. The molecule has 8 N–H and O–H groups in total. The molecule has 3 rings (SSSR count). The number of carbonyl (C=O) groups is 6. The summed E-state index contributed by atoms with van der Waals surface area (Å²) in [6, 6.07) is 12.3. The largest absolute Gasteiger partial charge is 0.508 e. The number of hydrogen-bond donors (Lipinski definition) is 7. The minimum Gasteiger partial charge on any atom is -0.508 e. The molecule has 0 bridgehead atoms. The predicted octanol–water partition coefficient (Wildman–Crippen LogP) is -0.0556. The molecule has 0 saturated heterocycles. The van der Waals surface area contributed by atoms with Crippen LogP contribution in [0.25, 0.3) is 0 Å². The number of aliphatic carboxylic acids is 2. The van der Waals surface area contributed by atoms with Gasteiger partial charge in [-0.1, -0.05) is 42.5 Å². The highest BCUT2D eigenvalue weighted by molar-refractivity contribution is 5.96. The lowest BCUT2D eigenvalue weighted by Gasteiger charge is -2.20. The molecule has 14 heteroatoms. The van der Waals surface area contributed by atoms with Gasteiger partial charge in [0, 0.05) is 19.3 Å². The highest BCUT2D eigenvalue weighted by atomic mass is 16.5. The number of aromatic hydroxyl groups is 1. The van der Waals surface area contributed by atoms with Gasteiger partial charge in [0.15, 0.2) is 0 Å². The van der Waals surface area contributed by atoms with Gasteiger partial charge in [-0.2, -0.15) is 0 Å². The Balaban J connectivity index is 0.000000305. The van der Waals surface area contributed by atoms with Crippen molar-refractivity contribution in [1.29, 1.82) is 0 Å².